The molecule has 5 rings (SSSR count). The van der Waals surface area contributed by atoms with E-state index >= 15 is 0 Å². The van der Waals surface area contributed by atoms with Gasteiger partial charge in [0.1, 0.15) is 5.82 Å². The molecule has 8 heteroatoms. The van der Waals surface area contributed by atoms with Crippen LogP contribution in [0.25, 0.3) is 22.3 Å². The van der Waals surface area contributed by atoms with Crippen molar-refractivity contribution in [1.82, 2.24) is 15.0 Å². The molecule has 1 amide bonds. The van der Waals surface area contributed by atoms with Crippen molar-refractivity contribution in [3.63, 3.8) is 0 Å². The molecule has 0 radical (unpaired) electrons. The molecule has 1 N–H and O–H groups in total. The highest BCUT2D eigenvalue weighted by Crippen LogP contribution is 2.29. The average molecular weight is 458 g/mol. The fraction of sp³-hybridized carbons (Fsp3) is 0.231. The number of halogens is 1. The first kappa shape index (κ1) is 21.8. The van der Waals surface area contributed by atoms with Gasteiger partial charge in [0.15, 0.2) is 5.52 Å². The number of rotatable bonds is 7. The fourth-order valence-corrected chi connectivity index (χ4v) is 3.98. The summed E-state index contributed by atoms with van der Waals surface area (Å²) in [4.78, 5) is 27.7. The van der Waals surface area contributed by atoms with Gasteiger partial charge in [-0.3, -0.25) is 4.79 Å². The summed E-state index contributed by atoms with van der Waals surface area (Å²) in [6.45, 7) is 3.55. The van der Waals surface area contributed by atoms with Gasteiger partial charge in [-0.15, -0.1) is 0 Å². The van der Waals surface area contributed by atoms with E-state index in [4.69, 9.17) is 9.72 Å². The molecule has 2 aromatic carbocycles. The zero-order chi connectivity index (χ0) is 23.5. The molecule has 2 aromatic heterocycles. The van der Waals surface area contributed by atoms with E-state index in [-0.39, 0.29) is 11.7 Å². The van der Waals surface area contributed by atoms with Crippen LogP contribution < -0.4 is 15.0 Å². The Bertz CT molecular complexity index is 1330. The Labute approximate surface area is 196 Å². The average Bonchev–Trinajstić information content (AvgIpc) is 3.29. The Morgan fingerprint density at radius 3 is 2.50 bits per heavy atom. The van der Waals surface area contributed by atoms with Crippen molar-refractivity contribution in [3.8, 4) is 17.1 Å². The summed E-state index contributed by atoms with van der Waals surface area (Å²) >= 11 is 0. The predicted molar refractivity (Wildman–Crippen MR) is 129 cm³/mol. The third-order valence-electron chi connectivity index (χ3n) is 5.70. The molecule has 1 aliphatic rings. The fourth-order valence-electron chi connectivity index (χ4n) is 3.98. The molecule has 34 heavy (non-hydrogen) atoms. The first-order chi connectivity index (χ1) is 16.6. The van der Waals surface area contributed by atoms with Gasteiger partial charge in [0.25, 0.3) is 0 Å². The van der Waals surface area contributed by atoms with E-state index in [1.165, 1.54) is 12.1 Å². The van der Waals surface area contributed by atoms with Crippen LogP contribution in [0, 0.1) is 5.82 Å². The minimum absolute atomic E-state index is 0.166. The summed E-state index contributed by atoms with van der Waals surface area (Å²) in [5.74, 6) is 0.703. The van der Waals surface area contributed by atoms with Gasteiger partial charge in [0.2, 0.25) is 17.7 Å². The second-order valence-corrected chi connectivity index (χ2v) is 8.03. The van der Waals surface area contributed by atoms with Gasteiger partial charge in [-0.05, 0) is 55.3 Å². The Morgan fingerprint density at radius 2 is 1.79 bits per heavy atom. The first-order valence-corrected chi connectivity index (χ1v) is 11.3. The SMILES string of the molecule is CCOc1nc(NCc2ccc(F)cc2)nc2ccc(-c3ccc(N4CCCC4=O)cc3)nc12. The van der Waals surface area contributed by atoms with Crippen molar-refractivity contribution in [2.45, 2.75) is 26.3 Å². The Kier molecular flexibility index (Phi) is 6.03. The molecule has 0 unspecified atom stereocenters. The second kappa shape index (κ2) is 9.43. The van der Waals surface area contributed by atoms with Crippen LogP contribution in [0.2, 0.25) is 0 Å². The number of hydrogen-bond acceptors (Lipinski definition) is 6. The van der Waals surface area contributed by atoms with Crippen LogP contribution in [0.4, 0.5) is 16.0 Å². The Hall–Kier alpha value is -4.07. The van der Waals surface area contributed by atoms with E-state index in [0.29, 0.717) is 42.4 Å². The van der Waals surface area contributed by atoms with E-state index in [9.17, 15) is 9.18 Å². The van der Waals surface area contributed by atoms with Crippen LogP contribution in [0.15, 0.2) is 60.7 Å². The molecular formula is C26H24FN5O2. The van der Waals surface area contributed by atoms with Crippen molar-refractivity contribution in [2.75, 3.05) is 23.4 Å². The highest BCUT2D eigenvalue weighted by atomic mass is 19.1. The number of hydrogen-bond donors (Lipinski definition) is 1. The molecule has 172 valence electrons. The first-order valence-electron chi connectivity index (χ1n) is 11.3. The van der Waals surface area contributed by atoms with E-state index in [1.54, 1.807) is 12.1 Å². The molecule has 0 atom stereocenters. The molecular weight excluding hydrogens is 433 g/mol. The number of fused-ring (bicyclic) bond motifs is 1. The maximum Gasteiger partial charge on any atom is 0.245 e. The number of amides is 1. The summed E-state index contributed by atoms with van der Waals surface area (Å²) in [6.07, 6.45) is 1.50. The van der Waals surface area contributed by atoms with Gasteiger partial charge in [-0.1, -0.05) is 24.3 Å². The lowest BCUT2D eigenvalue weighted by molar-refractivity contribution is -0.117. The smallest absolute Gasteiger partial charge is 0.245 e. The van der Waals surface area contributed by atoms with Crippen LogP contribution in [0.1, 0.15) is 25.3 Å². The molecule has 3 heterocycles. The maximum absolute atomic E-state index is 13.1. The number of nitrogens with one attached hydrogen (secondary N) is 1. The van der Waals surface area contributed by atoms with Crippen LogP contribution in [-0.4, -0.2) is 34.0 Å². The molecule has 0 bridgehead atoms. The number of carbonyl (C=O) groups is 1. The third-order valence-corrected chi connectivity index (χ3v) is 5.70. The lowest BCUT2D eigenvalue weighted by atomic mass is 10.1. The van der Waals surface area contributed by atoms with Crippen LogP contribution in [0.5, 0.6) is 5.88 Å². The van der Waals surface area contributed by atoms with Crippen molar-refractivity contribution < 1.29 is 13.9 Å². The second-order valence-electron chi connectivity index (χ2n) is 8.03. The molecule has 0 aliphatic carbocycles. The van der Waals surface area contributed by atoms with E-state index in [2.05, 4.69) is 15.3 Å². The minimum atomic E-state index is -0.273. The zero-order valence-corrected chi connectivity index (χ0v) is 18.8. The summed E-state index contributed by atoms with van der Waals surface area (Å²) in [6, 6.07) is 17.9. The van der Waals surface area contributed by atoms with Gasteiger partial charge < -0.3 is 15.0 Å². The predicted octanol–water partition coefficient (Wildman–Crippen LogP) is 4.97. The number of ether oxygens (including phenoxy) is 1. The van der Waals surface area contributed by atoms with Crippen molar-refractivity contribution in [2.24, 2.45) is 0 Å². The number of benzene rings is 2. The van der Waals surface area contributed by atoms with Gasteiger partial charge in [0, 0.05) is 30.8 Å². The topological polar surface area (TPSA) is 80.2 Å². The zero-order valence-electron chi connectivity index (χ0n) is 18.8. The largest absolute Gasteiger partial charge is 0.476 e. The number of anilines is 2. The highest BCUT2D eigenvalue weighted by Gasteiger charge is 2.21. The van der Waals surface area contributed by atoms with Gasteiger partial charge in [-0.25, -0.2) is 14.4 Å². The normalized spacial score (nSPS) is 13.5. The molecule has 1 fully saturated rings. The third kappa shape index (κ3) is 4.52. The van der Waals surface area contributed by atoms with Crippen LogP contribution in [-0.2, 0) is 11.3 Å². The lowest BCUT2D eigenvalue weighted by Crippen LogP contribution is -2.23. The van der Waals surface area contributed by atoms with Gasteiger partial charge in [-0.2, -0.15) is 4.98 Å². The van der Waals surface area contributed by atoms with E-state index in [1.807, 2.05) is 48.2 Å². The molecule has 0 saturated carbocycles. The maximum atomic E-state index is 13.1. The number of carbonyl (C=O) groups excluding carboxylic acids is 1. The van der Waals surface area contributed by atoms with Crippen LogP contribution >= 0.6 is 0 Å². The molecule has 0 spiro atoms. The number of pyridine rings is 1. The molecule has 4 aromatic rings. The molecule has 7 nitrogen and oxygen atoms in total. The Morgan fingerprint density at radius 1 is 1.00 bits per heavy atom. The standard InChI is InChI=1S/C26H24FN5O2/c1-2-34-25-24-22(30-26(31-25)28-16-17-5-9-19(27)10-6-17)14-13-21(29-24)18-7-11-20(12-8-18)32-15-3-4-23(32)33/h5-14H,2-4,15-16H2,1H3,(H,28,30,31). The van der Waals surface area contributed by atoms with Crippen molar-refractivity contribution in [1.29, 1.82) is 0 Å². The van der Waals surface area contributed by atoms with Gasteiger partial charge >= 0.3 is 0 Å². The number of aromatic nitrogens is 3. The summed E-state index contributed by atoms with van der Waals surface area (Å²) < 4.78 is 18.9. The summed E-state index contributed by atoms with van der Waals surface area (Å²) in [5, 5.41) is 3.17. The van der Waals surface area contributed by atoms with Gasteiger partial charge in [0.05, 0.1) is 17.8 Å². The van der Waals surface area contributed by atoms with Crippen molar-refractivity contribution in [3.05, 3.63) is 72.0 Å². The number of nitrogens with zero attached hydrogens (tertiary/aromatic N) is 4. The van der Waals surface area contributed by atoms with Crippen LogP contribution in [0.3, 0.4) is 0 Å². The molecule has 1 saturated heterocycles. The highest BCUT2D eigenvalue weighted by molar-refractivity contribution is 5.95. The molecule has 1 aliphatic heterocycles. The quantitative estimate of drug-likeness (QED) is 0.422. The van der Waals surface area contributed by atoms with E-state index < -0.39 is 0 Å². The van der Waals surface area contributed by atoms with E-state index in [0.717, 1.165) is 35.5 Å². The summed E-state index contributed by atoms with van der Waals surface area (Å²) in [5.41, 5.74) is 4.74. The summed E-state index contributed by atoms with van der Waals surface area (Å²) in [7, 11) is 0. The minimum Gasteiger partial charge on any atom is -0.476 e. The monoisotopic (exact) mass is 457 g/mol. The Balaban J connectivity index is 1.41. The lowest BCUT2D eigenvalue weighted by Gasteiger charge is -2.16. The van der Waals surface area contributed by atoms with Crippen molar-refractivity contribution >= 4 is 28.6 Å².